The lowest BCUT2D eigenvalue weighted by atomic mass is 10.1. The Hall–Kier alpha value is -1.51. The molecule has 1 aliphatic carbocycles. The van der Waals surface area contributed by atoms with Crippen molar-refractivity contribution >= 4 is 17.3 Å². The summed E-state index contributed by atoms with van der Waals surface area (Å²) in [6.07, 6.45) is 4.05. The molecule has 3 heteroatoms. The number of anilines is 2. The van der Waals surface area contributed by atoms with Gasteiger partial charge < -0.3 is 10.6 Å². The molecule has 0 bridgehead atoms. The van der Waals surface area contributed by atoms with Crippen LogP contribution in [0, 0.1) is 12.8 Å². The van der Waals surface area contributed by atoms with E-state index in [4.69, 9.17) is 0 Å². The van der Waals surface area contributed by atoms with Gasteiger partial charge in [0.1, 0.15) is 0 Å². The van der Waals surface area contributed by atoms with Crippen molar-refractivity contribution in [1.29, 1.82) is 0 Å². The first-order chi connectivity index (χ1) is 8.54. The molecular weight excluding hydrogens is 224 g/mol. The van der Waals surface area contributed by atoms with E-state index in [1.807, 2.05) is 19.1 Å². The third-order valence-corrected chi connectivity index (χ3v) is 3.33. The Bertz CT molecular complexity index is 438. The molecule has 0 spiro atoms. The highest BCUT2D eigenvalue weighted by molar-refractivity contribution is 5.89. The number of nitrogens with one attached hydrogen (secondary N) is 2. The van der Waals surface area contributed by atoms with Crippen molar-refractivity contribution in [1.82, 2.24) is 0 Å². The molecule has 3 nitrogen and oxygen atoms in total. The fourth-order valence-corrected chi connectivity index (χ4v) is 2.28. The largest absolute Gasteiger partial charge is 0.383 e. The van der Waals surface area contributed by atoms with Crippen LogP contribution >= 0.6 is 0 Å². The Balaban J connectivity index is 1.96. The average molecular weight is 246 g/mol. The molecule has 98 valence electrons. The Morgan fingerprint density at radius 2 is 2.17 bits per heavy atom. The molecule has 1 aromatic carbocycles. The second-order valence-electron chi connectivity index (χ2n) is 5.44. The summed E-state index contributed by atoms with van der Waals surface area (Å²) in [5.41, 5.74) is 3.12. The lowest BCUT2D eigenvalue weighted by Gasteiger charge is -2.16. The minimum Gasteiger partial charge on any atom is -0.383 e. The molecule has 0 aromatic heterocycles. The molecule has 2 rings (SSSR count). The van der Waals surface area contributed by atoms with E-state index in [9.17, 15) is 4.79 Å². The van der Waals surface area contributed by atoms with E-state index in [-0.39, 0.29) is 5.91 Å². The van der Waals surface area contributed by atoms with Gasteiger partial charge in [-0.3, -0.25) is 4.79 Å². The van der Waals surface area contributed by atoms with Gasteiger partial charge in [-0.1, -0.05) is 12.8 Å². The van der Waals surface area contributed by atoms with E-state index in [0.717, 1.165) is 22.9 Å². The first-order valence-electron chi connectivity index (χ1n) is 6.69. The maximum atomic E-state index is 11.0. The van der Waals surface area contributed by atoms with E-state index >= 15 is 0 Å². The van der Waals surface area contributed by atoms with Gasteiger partial charge in [-0.05, 0) is 49.9 Å². The van der Waals surface area contributed by atoms with Crippen LogP contribution in [0.5, 0.6) is 0 Å². The highest BCUT2D eigenvalue weighted by atomic mass is 16.1. The highest BCUT2D eigenvalue weighted by Gasteiger charge is 2.23. The molecule has 0 saturated heterocycles. The van der Waals surface area contributed by atoms with Gasteiger partial charge in [0.15, 0.2) is 0 Å². The summed E-state index contributed by atoms with van der Waals surface area (Å²) < 4.78 is 0. The molecule has 0 aliphatic heterocycles. The van der Waals surface area contributed by atoms with Crippen molar-refractivity contribution in [3.63, 3.8) is 0 Å². The smallest absolute Gasteiger partial charge is 0.221 e. The van der Waals surface area contributed by atoms with E-state index in [0.29, 0.717) is 6.04 Å². The molecule has 1 atom stereocenters. The maximum Gasteiger partial charge on any atom is 0.221 e. The predicted octanol–water partition coefficient (Wildman–Crippen LogP) is 3.55. The van der Waals surface area contributed by atoms with Gasteiger partial charge >= 0.3 is 0 Å². The number of carbonyl (C=O) groups excluding carboxylic acids is 1. The molecule has 0 radical (unpaired) electrons. The summed E-state index contributed by atoms with van der Waals surface area (Å²) in [6, 6.07) is 6.60. The molecule has 1 fully saturated rings. The molecule has 1 aliphatic rings. The number of carbonyl (C=O) groups is 1. The Morgan fingerprint density at radius 3 is 2.72 bits per heavy atom. The molecule has 1 saturated carbocycles. The van der Waals surface area contributed by atoms with Crippen molar-refractivity contribution in [2.75, 3.05) is 10.6 Å². The van der Waals surface area contributed by atoms with Crippen LogP contribution in [-0.2, 0) is 4.79 Å². The first-order valence-corrected chi connectivity index (χ1v) is 6.69. The lowest BCUT2D eigenvalue weighted by Crippen LogP contribution is -2.16. The molecule has 1 amide bonds. The number of hydrogen-bond donors (Lipinski definition) is 2. The summed E-state index contributed by atoms with van der Waals surface area (Å²) in [4.78, 5) is 11.0. The quantitative estimate of drug-likeness (QED) is 0.834. The zero-order valence-corrected chi connectivity index (χ0v) is 11.4. The predicted molar refractivity (Wildman–Crippen MR) is 75.9 cm³/mol. The minimum atomic E-state index is -0.0269. The van der Waals surface area contributed by atoms with E-state index in [2.05, 4.69) is 23.6 Å². The van der Waals surface area contributed by atoms with E-state index < -0.39 is 0 Å². The Morgan fingerprint density at radius 1 is 1.44 bits per heavy atom. The van der Waals surface area contributed by atoms with Crippen molar-refractivity contribution in [2.45, 2.75) is 46.1 Å². The standard InChI is InChI=1S/C15H22N2O/c1-10-8-14(6-7-15(10)17-12(3)18)16-11(2)9-13-4-5-13/h6-8,11,13,16H,4-5,9H2,1-3H3,(H,17,18). The van der Waals surface area contributed by atoms with Crippen molar-refractivity contribution in [2.24, 2.45) is 5.92 Å². The molecular formula is C15H22N2O. The van der Waals surface area contributed by atoms with Crippen molar-refractivity contribution in [3.8, 4) is 0 Å². The molecule has 1 aromatic rings. The maximum absolute atomic E-state index is 11.0. The molecule has 0 heterocycles. The average Bonchev–Trinajstić information content (AvgIpc) is 3.05. The van der Waals surface area contributed by atoms with Gasteiger partial charge in [0.2, 0.25) is 5.91 Å². The van der Waals surface area contributed by atoms with Crippen LogP contribution in [0.3, 0.4) is 0 Å². The topological polar surface area (TPSA) is 41.1 Å². The second-order valence-corrected chi connectivity index (χ2v) is 5.44. The molecule has 1 unspecified atom stereocenters. The van der Waals surface area contributed by atoms with Crippen LogP contribution in [0.25, 0.3) is 0 Å². The number of aryl methyl sites for hydroxylation is 1. The van der Waals surface area contributed by atoms with Gasteiger partial charge in [0.05, 0.1) is 0 Å². The minimum absolute atomic E-state index is 0.0269. The van der Waals surface area contributed by atoms with Gasteiger partial charge in [0.25, 0.3) is 0 Å². The Kier molecular flexibility index (Phi) is 3.90. The highest BCUT2D eigenvalue weighted by Crippen LogP contribution is 2.34. The Labute approximate surface area is 109 Å². The van der Waals surface area contributed by atoms with Crippen LogP contribution in [0.15, 0.2) is 18.2 Å². The summed E-state index contributed by atoms with van der Waals surface area (Å²) >= 11 is 0. The third-order valence-electron chi connectivity index (χ3n) is 3.33. The number of hydrogen-bond acceptors (Lipinski definition) is 2. The van der Waals surface area contributed by atoms with Crippen LogP contribution in [-0.4, -0.2) is 11.9 Å². The first kappa shape index (κ1) is 12.9. The zero-order valence-electron chi connectivity index (χ0n) is 11.4. The monoisotopic (exact) mass is 246 g/mol. The van der Waals surface area contributed by atoms with Crippen molar-refractivity contribution < 1.29 is 4.79 Å². The zero-order chi connectivity index (χ0) is 13.1. The number of benzene rings is 1. The number of rotatable bonds is 5. The van der Waals surface area contributed by atoms with Gasteiger partial charge in [-0.2, -0.15) is 0 Å². The van der Waals surface area contributed by atoms with E-state index in [1.165, 1.54) is 26.2 Å². The summed E-state index contributed by atoms with van der Waals surface area (Å²) in [7, 11) is 0. The van der Waals surface area contributed by atoms with Crippen LogP contribution in [0.2, 0.25) is 0 Å². The lowest BCUT2D eigenvalue weighted by molar-refractivity contribution is -0.114. The summed E-state index contributed by atoms with van der Waals surface area (Å²) in [5, 5.41) is 6.35. The number of amides is 1. The molecule has 18 heavy (non-hydrogen) atoms. The van der Waals surface area contributed by atoms with Crippen LogP contribution in [0.1, 0.15) is 38.7 Å². The fourth-order valence-electron chi connectivity index (χ4n) is 2.28. The fraction of sp³-hybridized carbons (Fsp3) is 0.533. The summed E-state index contributed by atoms with van der Waals surface area (Å²) in [5.74, 6) is 0.910. The van der Waals surface area contributed by atoms with Gasteiger partial charge in [-0.15, -0.1) is 0 Å². The SMILES string of the molecule is CC(=O)Nc1ccc(NC(C)CC2CC2)cc1C. The van der Waals surface area contributed by atoms with Gasteiger partial charge in [0, 0.05) is 24.3 Å². The second kappa shape index (κ2) is 5.42. The molecule has 2 N–H and O–H groups in total. The summed E-state index contributed by atoms with van der Waals surface area (Å²) in [6.45, 7) is 5.78. The van der Waals surface area contributed by atoms with Crippen LogP contribution < -0.4 is 10.6 Å². The van der Waals surface area contributed by atoms with Crippen molar-refractivity contribution in [3.05, 3.63) is 23.8 Å². The third kappa shape index (κ3) is 3.76. The van der Waals surface area contributed by atoms with Gasteiger partial charge in [-0.25, -0.2) is 0 Å². The van der Waals surface area contributed by atoms with E-state index in [1.54, 1.807) is 0 Å². The van der Waals surface area contributed by atoms with Crippen LogP contribution in [0.4, 0.5) is 11.4 Å². The normalized spacial score (nSPS) is 16.2.